The van der Waals surface area contributed by atoms with Gasteiger partial charge in [0, 0.05) is 27.2 Å². The molecule has 0 atom stereocenters. The zero-order valence-electron chi connectivity index (χ0n) is 16.4. The van der Waals surface area contributed by atoms with Crippen LogP contribution in [0.1, 0.15) is 42.5 Å². The molecule has 2 aliphatic rings. The Morgan fingerprint density at radius 3 is 2.39 bits per heavy atom. The Kier molecular flexibility index (Phi) is 5.58. The van der Waals surface area contributed by atoms with Gasteiger partial charge >= 0.3 is 0 Å². The minimum absolute atomic E-state index is 0.0859. The van der Waals surface area contributed by atoms with Crippen molar-refractivity contribution in [3.05, 3.63) is 35.2 Å². The summed E-state index contributed by atoms with van der Waals surface area (Å²) >= 11 is 0. The van der Waals surface area contributed by atoms with Gasteiger partial charge in [-0.15, -0.1) is 0 Å². The number of imide groups is 1. The van der Waals surface area contributed by atoms with Crippen LogP contribution in [0.25, 0.3) is 0 Å². The van der Waals surface area contributed by atoms with E-state index in [9.17, 15) is 19.5 Å². The van der Waals surface area contributed by atoms with Gasteiger partial charge in [0.05, 0.1) is 11.3 Å². The second-order valence-electron chi connectivity index (χ2n) is 7.42. The molecule has 3 amide bonds. The summed E-state index contributed by atoms with van der Waals surface area (Å²) in [5.74, 6) is -1.51. The fourth-order valence-electron chi connectivity index (χ4n) is 3.53. The average Bonchev–Trinajstić information content (AvgIpc) is 2.88. The number of rotatable bonds is 5. The Bertz CT molecular complexity index is 841. The predicted molar refractivity (Wildman–Crippen MR) is 105 cm³/mol. The smallest absolute Gasteiger partial charge is 0.279 e. The third-order valence-corrected chi connectivity index (χ3v) is 5.17. The Morgan fingerprint density at radius 2 is 1.75 bits per heavy atom. The number of carbonyl (C=O) groups is 3. The second-order valence-corrected chi connectivity index (χ2v) is 7.42. The van der Waals surface area contributed by atoms with Crippen LogP contribution in [0.3, 0.4) is 0 Å². The molecule has 0 aromatic heterocycles. The normalized spacial score (nSPS) is 17.9. The molecule has 1 aliphatic carbocycles. The van der Waals surface area contributed by atoms with E-state index in [-0.39, 0.29) is 40.3 Å². The van der Waals surface area contributed by atoms with Crippen molar-refractivity contribution >= 4 is 23.4 Å². The molecular weight excluding hydrogens is 360 g/mol. The second kappa shape index (κ2) is 7.92. The van der Waals surface area contributed by atoms with Crippen LogP contribution in [-0.4, -0.2) is 59.8 Å². The zero-order chi connectivity index (χ0) is 20.4. The third-order valence-electron chi connectivity index (χ3n) is 5.17. The van der Waals surface area contributed by atoms with E-state index in [2.05, 4.69) is 10.6 Å². The van der Waals surface area contributed by atoms with Crippen LogP contribution in [0.15, 0.2) is 29.6 Å². The van der Waals surface area contributed by atoms with Gasteiger partial charge in [-0.1, -0.05) is 25.3 Å². The van der Waals surface area contributed by atoms with Crippen LogP contribution >= 0.6 is 0 Å². The fourth-order valence-corrected chi connectivity index (χ4v) is 3.53. The summed E-state index contributed by atoms with van der Waals surface area (Å²) in [5, 5.41) is 16.6. The van der Waals surface area contributed by atoms with E-state index < -0.39 is 11.8 Å². The molecule has 1 saturated carbocycles. The highest BCUT2D eigenvalue weighted by Gasteiger charge is 2.37. The SMILES string of the molecule is CN(C)C(=O)c1cccc(NC2=C(NC3CCCCC3)C(=O)N(C)C2=O)c1O. The number of aromatic hydroxyl groups is 1. The van der Waals surface area contributed by atoms with E-state index >= 15 is 0 Å². The molecule has 1 fully saturated rings. The van der Waals surface area contributed by atoms with E-state index in [4.69, 9.17) is 0 Å². The number of hydrogen-bond donors (Lipinski definition) is 3. The maximum Gasteiger partial charge on any atom is 0.279 e. The fraction of sp³-hybridized carbons (Fsp3) is 0.450. The molecule has 0 spiro atoms. The van der Waals surface area contributed by atoms with Crippen molar-refractivity contribution in [1.82, 2.24) is 15.1 Å². The van der Waals surface area contributed by atoms with Crippen LogP contribution < -0.4 is 10.6 Å². The summed E-state index contributed by atoms with van der Waals surface area (Å²) in [6.07, 6.45) is 5.23. The Labute approximate surface area is 164 Å². The first kappa shape index (κ1) is 19.7. The quantitative estimate of drug-likeness (QED) is 0.525. The molecule has 8 heteroatoms. The number of likely N-dealkylation sites (N-methyl/N-ethyl adjacent to an activating group) is 1. The monoisotopic (exact) mass is 386 g/mol. The predicted octanol–water partition coefficient (Wildman–Crippen LogP) is 1.64. The molecule has 3 N–H and O–H groups in total. The molecule has 0 unspecified atom stereocenters. The number of hydrogen-bond acceptors (Lipinski definition) is 6. The largest absolute Gasteiger partial charge is 0.505 e. The standard InChI is InChI=1S/C20H26N4O4/c1-23(2)18(26)13-10-7-11-14(17(13)25)22-16-15(19(27)24(3)20(16)28)21-12-8-5-4-6-9-12/h7,10-12,21-22,25H,4-6,8-9H2,1-3H3. The molecule has 8 nitrogen and oxygen atoms in total. The van der Waals surface area contributed by atoms with Crippen molar-refractivity contribution in [2.45, 2.75) is 38.1 Å². The summed E-state index contributed by atoms with van der Waals surface area (Å²) in [5.41, 5.74) is 0.607. The Balaban J connectivity index is 1.93. The molecule has 1 aliphatic heterocycles. The maximum atomic E-state index is 12.6. The van der Waals surface area contributed by atoms with Crippen LogP contribution in [0, 0.1) is 0 Å². The molecule has 1 aromatic rings. The van der Waals surface area contributed by atoms with E-state index in [1.807, 2.05) is 0 Å². The molecule has 1 aromatic carbocycles. The summed E-state index contributed by atoms with van der Waals surface area (Å²) in [6, 6.07) is 4.81. The minimum Gasteiger partial charge on any atom is -0.505 e. The number of phenolic OH excluding ortho intramolecular Hbond substituents is 1. The number of nitrogens with one attached hydrogen (secondary N) is 2. The van der Waals surface area contributed by atoms with Gasteiger partial charge < -0.3 is 20.6 Å². The first-order valence-corrected chi connectivity index (χ1v) is 9.45. The van der Waals surface area contributed by atoms with Gasteiger partial charge in [-0.3, -0.25) is 19.3 Å². The first-order valence-electron chi connectivity index (χ1n) is 9.45. The van der Waals surface area contributed by atoms with Crippen molar-refractivity contribution in [3.63, 3.8) is 0 Å². The number of phenols is 1. The zero-order valence-corrected chi connectivity index (χ0v) is 16.4. The average molecular weight is 386 g/mol. The lowest BCUT2D eigenvalue weighted by molar-refractivity contribution is -0.136. The number of para-hydroxylation sites is 1. The summed E-state index contributed by atoms with van der Waals surface area (Å²) in [7, 11) is 4.60. The molecule has 3 rings (SSSR count). The number of amides is 3. The molecule has 0 bridgehead atoms. The number of nitrogens with zero attached hydrogens (tertiary/aromatic N) is 2. The lowest BCUT2D eigenvalue weighted by Crippen LogP contribution is -2.35. The van der Waals surface area contributed by atoms with Gasteiger partial charge in [-0.25, -0.2) is 0 Å². The molecule has 0 saturated heterocycles. The number of carbonyl (C=O) groups excluding carboxylic acids is 3. The van der Waals surface area contributed by atoms with Gasteiger partial charge in [-0.2, -0.15) is 0 Å². The summed E-state index contributed by atoms with van der Waals surface area (Å²) in [6.45, 7) is 0. The van der Waals surface area contributed by atoms with Gasteiger partial charge in [0.2, 0.25) is 0 Å². The Morgan fingerprint density at radius 1 is 1.11 bits per heavy atom. The highest BCUT2D eigenvalue weighted by Crippen LogP contribution is 2.31. The summed E-state index contributed by atoms with van der Waals surface area (Å²) in [4.78, 5) is 39.8. The van der Waals surface area contributed by atoms with Crippen LogP contribution in [0.5, 0.6) is 5.75 Å². The van der Waals surface area contributed by atoms with E-state index in [1.54, 1.807) is 26.2 Å². The minimum atomic E-state index is -0.480. The molecule has 1 heterocycles. The van der Waals surface area contributed by atoms with Crippen LogP contribution in [0.2, 0.25) is 0 Å². The highest BCUT2D eigenvalue weighted by molar-refractivity contribution is 6.20. The summed E-state index contributed by atoms with van der Waals surface area (Å²) < 4.78 is 0. The van der Waals surface area contributed by atoms with Gasteiger partial charge in [0.25, 0.3) is 17.7 Å². The first-order chi connectivity index (χ1) is 13.3. The number of benzene rings is 1. The van der Waals surface area contributed by atoms with Crippen LogP contribution in [-0.2, 0) is 9.59 Å². The van der Waals surface area contributed by atoms with E-state index in [0.717, 1.165) is 30.6 Å². The van der Waals surface area contributed by atoms with Gasteiger partial charge in [0.1, 0.15) is 11.4 Å². The molecule has 150 valence electrons. The van der Waals surface area contributed by atoms with Crippen molar-refractivity contribution < 1.29 is 19.5 Å². The topological polar surface area (TPSA) is 102 Å². The van der Waals surface area contributed by atoms with E-state index in [0.29, 0.717) is 0 Å². The molecular formula is C20H26N4O4. The van der Waals surface area contributed by atoms with Crippen molar-refractivity contribution in [2.24, 2.45) is 0 Å². The number of anilines is 1. The lowest BCUT2D eigenvalue weighted by atomic mass is 9.95. The Hall–Kier alpha value is -3.03. The highest BCUT2D eigenvalue weighted by atomic mass is 16.3. The molecule has 0 radical (unpaired) electrons. The van der Waals surface area contributed by atoms with E-state index in [1.165, 1.54) is 24.4 Å². The van der Waals surface area contributed by atoms with Crippen LogP contribution in [0.4, 0.5) is 5.69 Å². The van der Waals surface area contributed by atoms with Crippen molar-refractivity contribution in [3.8, 4) is 5.75 Å². The van der Waals surface area contributed by atoms with Crippen molar-refractivity contribution in [1.29, 1.82) is 0 Å². The van der Waals surface area contributed by atoms with Crippen molar-refractivity contribution in [2.75, 3.05) is 26.5 Å². The van der Waals surface area contributed by atoms with Gasteiger partial charge in [0.15, 0.2) is 5.75 Å². The molecule has 28 heavy (non-hydrogen) atoms. The van der Waals surface area contributed by atoms with Gasteiger partial charge in [-0.05, 0) is 25.0 Å². The maximum absolute atomic E-state index is 12.6. The third kappa shape index (κ3) is 3.67. The lowest BCUT2D eigenvalue weighted by Gasteiger charge is -2.24.